The Bertz CT molecular complexity index is 694. The molecular formula is C16H17N3O2S. The number of nitrogens with zero attached hydrogens (tertiary/aromatic N) is 2. The summed E-state index contributed by atoms with van der Waals surface area (Å²) in [4.78, 5) is 31.0. The molecule has 0 radical (unpaired) electrons. The first kappa shape index (κ1) is 14.7. The molecule has 22 heavy (non-hydrogen) atoms. The number of amides is 2. The fraction of sp³-hybridized carbons (Fsp3) is 0.312. The molecule has 0 aliphatic carbocycles. The molecule has 6 heteroatoms. The van der Waals surface area contributed by atoms with Crippen molar-refractivity contribution in [2.75, 3.05) is 16.8 Å². The van der Waals surface area contributed by atoms with Crippen molar-refractivity contribution < 1.29 is 9.59 Å². The first-order valence-corrected chi connectivity index (χ1v) is 8.09. The molecule has 5 nitrogen and oxygen atoms in total. The van der Waals surface area contributed by atoms with Gasteiger partial charge in [-0.2, -0.15) is 0 Å². The normalized spacial score (nSPS) is 15.0. The van der Waals surface area contributed by atoms with Gasteiger partial charge < -0.3 is 4.90 Å². The Hall–Kier alpha value is -2.21. The van der Waals surface area contributed by atoms with Gasteiger partial charge in [0.25, 0.3) is 5.91 Å². The third kappa shape index (κ3) is 3.17. The van der Waals surface area contributed by atoms with Gasteiger partial charge in [0.15, 0.2) is 5.13 Å². The van der Waals surface area contributed by atoms with Gasteiger partial charge in [0.2, 0.25) is 5.91 Å². The summed E-state index contributed by atoms with van der Waals surface area (Å²) in [6, 6.07) is 7.14. The summed E-state index contributed by atoms with van der Waals surface area (Å²) in [7, 11) is 0. The van der Waals surface area contributed by atoms with Crippen LogP contribution in [0.3, 0.4) is 0 Å². The molecule has 1 aromatic heterocycles. The Labute approximate surface area is 133 Å². The number of carbonyl (C=O) groups excluding carboxylic acids is 2. The Kier molecular flexibility index (Phi) is 4.20. The van der Waals surface area contributed by atoms with Crippen LogP contribution in [0.4, 0.5) is 10.8 Å². The number of benzene rings is 1. The molecule has 1 N–H and O–H groups in total. The van der Waals surface area contributed by atoms with Crippen molar-refractivity contribution in [2.24, 2.45) is 0 Å². The van der Waals surface area contributed by atoms with Crippen LogP contribution in [0.5, 0.6) is 0 Å². The number of thiazole rings is 1. The second-order valence-corrected chi connectivity index (χ2v) is 6.51. The highest BCUT2D eigenvalue weighted by atomic mass is 32.1. The van der Waals surface area contributed by atoms with E-state index >= 15 is 0 Å². The number of aromatic nitrogens is 1. The Morgan fingerprint density at radius 1 is 1.27 bits per heavy atom. The van der Waals surface area contributed by atoms with E-state index in [1.807, 2.05) is 19.1 Å². The lowest BCUT2D eigenvalue weighted by molar-refractivity contribution is -0.119. The highest BCUT2D eigenvalue weighted by molar-refractivity contribution is 7.15. The fourth-order valence-electron chi connectivity index (χ4n) is 2.45. The number of hydrogen-bond donors (Lipinski definition) is 1. The van der Waals surface area contributed by atoms with Crippen molar-refractivity contribution in [1.29, 1.82) is 0 Å². The summed E-state index contributed by atoms with van der Waals surface area (Å²) >= 11 is 1.44. The van der Waals surface area contributed by atoms with Crippen molar-refractivity contribution in [1.82, 2.24) is 4.98 Å². The van der Waals surface area contributed by atoms with Crippen LogP contribution in [0.25, 0.3) is 0 Å². The number of anilines is 2. The van der Waals surface area contributed by atoms with E-state index in [1.165, 1.54) is 11.3 Å². The number of rotatable bonds is 3. The Morgan fingerprint density at radius 2 is 2.05 bits per heavy atom. The van der Waals surface area contributed by atoms with Gasteiger partial charge in [0, 0.05) is 35.3 Å². The van der Waals surface area contributed by atoms with E-state index in [2.05, 4.69) is 10.3 Å². The molecule has 1 fully saturated rings. The molecule has 3 rings (SSSR count). The molecule has 1 aliphatic heterocycles. The average molecular weight is 315 g/mol. The molecule has 0 saturated carbocycles. The monoisotopic (exact) mass is 315 g/mol. The SMILES string of the molecule is Cc1cnc(NC(=O)c2ccc(N3CCCCC3=O)cc2)s1. The van der Waals surface area contributed by atoms with Crippen molar-refractivity contribution in [3.63, 3.8) is 0 Å². The fourth-order valence-corrected chi connectivity index (χ4v) is 3.11. The molecule has 1 saturated heterocycles. The number of piperidine rings is 1. The molecule has 2 amide bonds. The van der Waals surface area contributed by atoms with E-state index in [1.54, 1.807) is 23.2 Å². The maximum absolute atomic E-state index is 12.2. The molecule has 2 heterocycles. The second-order valence-electron chi connectivity index (χ2n) is 5.28. The van der Waals surface area contributed by atoms with E-state index in [0.717, 1.165) is 30.0 Å². The van der Waals surface area contributed by atoms with Crippen LogP contribution in [0.15, 0.2) is 30.5 Å². The molecular weight excluding hydrogens is 298 g/mol. The van der Waals surface area contributed by atoms with Crippen LogP contribution >= 0.6 is 11.3 Å². The van der Waals surface area contributed by atoms with E-state index in [9.17, 15) is 9.59 Å². The highest BCUT2D eigenvalue weighted by Gasteiger charge is 2.19. The second kappa shape index (κ2) is 6.27. The molecule has 0 unspecified atom stereocenters. The topological polar surface area (TPSA) is 62.3 Å². The standard InChI is InChI=1S/C16H17N3O2S/c1-11-10-17-16(22-11)18-15(21)12-5-7-13(8-6-12)19-9-3-2-4-14(19)20/h5-8,10H,2-4,9H2,1H3,(H,17,18,21). The minimum atomic E-state index is -0.189. The molecule has 1 aliphatic rings. The van der Waals surface area contributed by atoms with Crippen LogP contribution in [-0.4, -0.2) is 23.3 Å². The van der Waals surface area contributed by atoms with Crippen LogP contribution in [-0.2, 0) is 4.79 Å². The zero-order valence-corrected chi connectivity index (χ0v) is 13.2. The zero-order valence-electron chi connectivity index (χ0n) is 12.3. The maximum atomic E-state index is 12.2. The lowest BCUT2D eigenvalue weighted by atomic mass is 10.1. The lowest BCUT2D eigenvalue weighted by Gasteiger charge is -2.26. The van der Waals surface area contributed by atoms with Crippen molar-refractivity contribution in [3.8, 4) is 0 Å². The predicted molar refractivity (Wildman–Crippen MR) is 87.5 cm³/mol. The maximum Gasteiger partial charge on any atom is 0.257 e. The zero-order chi connectivity index (χ0) is 15.5. The van der Waals surface area contributed by atoms with Crippen LogP contribution in [0.1, 0.15) is 34.5 Å². The Balaban J connectivity index is 1.70. The molecule has 1 aromatic carbocycles. The molecule has 2 aromatic rings. The molecule has 0 bridgehead atoms. The lowest BCUT2D eigenvalue weighted by Crippen LogP contribution is -2.35. The molecule has 0 spiro atoms. The van der Waals surface area contributed by atoms with E-state index in [-0.39, 0.29) is 11.8 Å². The number of aryl methyl sites for hydroxylation is 1. The van der Waals surface area contributed by atoms with E-state index in [4.69, 9.17) is 0 Å². The minimum Gasteiger partial charge on any atom is -0.312 e. The summed E-state index contributed by atoms with van der Waals surface area (Å²) in [6.07, 6.45) is 4.32. The van der Waals surface area contributed by atoms with Gasteiger partial charge in [-0.3, -0.25) is 14.9 Å². The number of carbonyl (C=O) groups is 2. The van der Waals surface area contributed by atoms with Gasteiger partial charge in [-0.1, -0.05) is 0 Å². The molecule has 114 valence electrons. The van der Waals surface area contributed by atoms with Gasteiger partial charge in [-0.15, -0.1) is 11.3 Å². The smallest absolute Gasteiger partial charge is 0.257 e. The van der Waals surface area contributed by atoms with Crippen molar-refractivity contribution >= 4 is 34.0 Å². The highest BCUT2D eigenvalue weighted by Crippen LogP contribution is 2.22. The quantitative estimate of drug-likeness (QED) is 0.946. The third-order valence-electron chi connectivity index (χ3n) is 3.61. The summed E-state index contributed by atoms with van der Waals surface area (Å²) < 4.78 is 0. The summed E-state index contributed by atoms with van der Waals surface area (Å²) in [6.45, 7) is 2.69. The first-order valence-electron chi connectivity index (χ1n) is 7.28. The Morgan fingerprint density at radius 3 is 2.68 bits per heavy atom. The number of hydrogen-bond acceptors (Lipinski definition) is 4. The summed E-state index contributed by atoms with van der Waals surface area (Å²) in [5.74, 6) is -0.0346. The average Bonchev–Trinajstić information content (AvgIpc) is 2.93. The predicted octanol–water partition coefficient (Wildman–Crippen LogP) is 3.22. The molecule has 0 atom stereocenters. The van der Waals surface area contributed by atoms with Crippen LogP contribution in [0.2, 0.25) is 0 Å². The first-order chi connectivity index (χ1) is 10.6. The van der Waals surface area contributed by atoms with Crippen molar-refractivity contribution in [2.45, 2.75) is 26.2 Å². The van der Waals surface area contributed by atoms with Crippen LogP contribution in [0, 0.1) is 6.92 Å². The summed E-state index contributed by atoms with van der Waals surface area (Å²) in [5.41, 5.74) is 1.41. The van der Waals surface area contributed by atoms with Gasteiger partial charge in [0.05, 0.1) is 0 Å². The van der Waals surface area contributed by atoms with Crippen molar-refractivity contribution in [3.05, 3.63) is 40.9 Å². The van der Waals surface area contributed by atoms with Gasteiger partial charge in [-0.05, 0) is 44.0 Å². The van der Waals surface area contributed by atoms with E-state index in [0.29, 0.717) is 17.1 Å². The van der Waals surface area contributed by atoms with E-state index < -0.39 is 0 Å². The number of nitrogens with one attached hydrogen (secondary N) is 1. The third-order valence-corrected chi connectivity index (χ3v) is 4.43. The largest absolute Gasteiger partial charge is 0.312 e. The van der Waals surface area contributed by atoms with Gasteiger partial charge in [-0.25, -0.2) is 4.98 Å². The summed E-state index contributed by atoms with van der Waals surface area (Å²) in [5, 5.41) is 3.37. The minimum absolute atomic E-state index is 0.154. The van der Waals surface area contributed by atoms with Crippen LogP contribution < -0.4 is 10.2 Å². The van der Waals surface area contributed by atoms with Gasteiger partial charge in [0.1, 0.15) is 0 Å². The van der Waals surface area contributed by atoms with Gasteiger partial charge >= 0.3 is 0 Å².